The number of benzene rings is 1. The first-order valence-corrected chi connectivity index (χ1v) is 9.37. The van der Waals surface area contributed by atoms with Gasteiger partial charge in [0.2, 0.25) is 5.91 Å². The SMILES string of the molecule is C[C@@H]1CCN(C(=O)[C@H]2CCCN(C(=O)c3ccoc3)C2)c2ccccc21. The molecule has 0 spiro atoms. The highest BCUT2D eigenvalue weighted by molar-refractivity contribution is 5.98. The minimum absolute atomic E-state index is 0.0519. The van der Waals surface area contributed by atoms with Gasteiger partial charge in [-0.15, -0.1) is 0 Å². The summed E-state index contributed by atoms with van der Waals surface area (Å²) in [5.74, 6) is 0.430. The van der Waals surface area contributed by atoms with Crippen molar-refractivity contribution in [3.05, 3.63) is 54.0 Å². The summed E-state index contributed by atoms with van der Waals surface area (Å²) in [6.45, 7) is 4.15. The summed E-state index contributed by atoms with van der Waals surface area (Å²) in [5.41, 5.74) is 2.83. The molecule has 2 amide bonds. The van der Waals surface area contributed by atoms with Crippen LogP contribution in [0.1, 0.15) is 48.0 Å². The topological polar surface area (TPSA) is 53.8 Å². The van der Waals surface area contributed by atoms with Gasteiger partial charge in [-0.05, 0) is 42.9 Å². The third-order valence-electron chi connectivity index (χ3n) is 5.64. The molecule has 0 radical (unpaired) electrons. The molecule has 1 aromatic carbocycles. The second-order valence-corrected chi connectivity index (χ2v) is 7.34. The van der Waals surface area contributed by atoms with Crippen LogP contribution in [0.2, 0.25) is 0 Å². The smallest absolute Gasteiger partial charge is 0.257 e. The molecule has 0 N–H and O–H groups in total. The Hall–Kier alpha value is -2.56. The highest BCUT2D eigenvalue weighted by Gasteiger charge is 2.34. The largest absolute Gasteiger partial charge is 0.472 e. The molecule has 0 saturated carbocycles. The normalized spacial score (nSPS) is 22.8. The van der Waals surface area contributed by atoms with E-state index in [1.54, 1.807) is 11.0 Å². The summed E-state index contributed by atoms with van der Waals surface area (Å²) in [4.78, 5) is 29.6. The Labute approximate surface area is 153 Å². The van der Waals surface area contributed by atoms with Gasteiger partial charge >= 0.3 is 0 Å². The monoisotopic (exact) mass is 352 g/mol. The molecule has 0 bridgehead atoms. The number of amides is 2. The van der Waals surface area contributed by atoms with Crippen LogP contribution in [0.25, 0.3) is 0 Å². The zero-order valence-electron chi connectivity index (χ0n) is 15.1. The van der Waals surface area contributed by atoms with Crippen LogP contribution in [0.15, 0.2) is 47.3 Å². The molecule has 5 nitrogen and oxygen atoms in total. The fourth-order valence-corrected chi connectivity index (χ4v) is 4.13. The van der Waals surface area contributed by atoms with Crippen LogP contribution >= 0.6 is 0 Å². The molecule has 2 atom stereocenters. The van der Waals surface area contributed by atoms with E-state index < -0.39 is 0 Å². The van der Waals surface area contributed by atoms with Crippen LogP contribution < -0.4 is 4.90 Å². The zero-order valence-corrected chi connectivity index (χ0v) is 15.1. The van der Waals surface area contributed by atoms with E-state index in [9.17, 15) is 9.59 Å². The van der Waals surface area contributed by atoms with Crippen LogP contribution in [-0.4, -0.2) is 36.3 Å². The lowest BCUT2D eigenvalue weighted by atomic mass is 9.89. The number of hydrogen-bond donors (Lipinski definition) is 0. The van der Waals surface area contributed by atoms with Crippen molar-refractivity contribution in [1.82, 2.24) is 4.90 Å². The number of hydrogen-bond acceptors (Lipinski definition) is 3. The fraction of sp³-hybridized carbons (Fsp3) is 0.429. The Kier molecular flexibility index (Phi) is 4.53. The summed E-state index contributed by atoms with van der Waals surface area (Å²) in [6.07, 6.45) is 5.64. The highest BCUT2D eigenvalue weighted by Crippen LogP contribution is 2.36. The zero-order chi connectivity index (χ0) is 18.1. The number of fused-ring (bicyclic) bond motifs is 1. The molecule has 3 heterocycles. The lowest BCUT2D eigenvalue weighted by Gasteiger charge is -2.38. The molecule has 136 valence electrons. The maximum absolute atomic E-state index is 13.2. The Morgan fingerprint density at radius 2 is 1.96 bits per heavy atom. The quantitative estimate of drug-likeness (QED) is 0.829. The van der Waals surface area contributed by atoms with Gasteiger partial charge in [-0.1, -0.05) is 25.1 Å². The average Bonchev–Trinajstić information content (AvgIpc) is 3.22. The standard InChI is InChI=1S/C21H24N2O3/c1-15-8-11-23(19-7-3-2-6-18(15)19)21(25)16-5-4-10-22(13-16)20(24)17-9-12-26-14-17/h2-3,6-7,9,12,14-16H,4-5,8,10-11,13H2,1H3/t15-,16+/m1/s1. The van der Waals surface area contributed by atoms with Crippen molar-refractivity contribution < 1.29 is 14.0 Å². The number of carbonyl (C=O) groups is 2. The first-order valence-electron chi connectivity index (χ1n) is 9.37. The summed E-state index contributed by atoms with van der Waals surface area (Å²) < 4.78 is 5.02. The molecule has 2 aliphatic rings. The van der Waals surface area contributed by atoms with Crippen molar-refractivity contribution >= 4 is 17.5 Å². The van der Waals surface area contributed by atoms with Crippen LogP contribution in [-0.2, 0) is 4.79 Å². The Morgan fingerprint density at radius 3 is 2.77 bits per heavy atom. The third-order valence-corrected chi connectivity index (χ3v) is 5.64. The number of carbonyl (C=O) groups excluding carboxylic acids is 2. The third kappa shape index (κ3) is 3.02. The maximum Gasteiger partial charge on any atom is 0.257 e. The van der Waals surface area contributed by atoms with E-state index in [-0.39, 0.29) is 17.7 Å². The molecule has 1 saturated heterocycles. The van der Waals surface area contributed by atoms with Gasteiger partial charge in [0.25, 0.3) is 5.91 Å². The van der Waals surface area contributed by atoms with Crippen molar-refractivity contribution in [1.29, 1.82) is 0 Å². The van der Waals surface area contributed by atoms with Gasteiger partial charge in [0.05, 0.1) is 17.7 Å². The van der Waals surface area contributed by atoms with Gasteiger partial charge in [-0.2, -0.15) is 0 Å². The molecule has 4 rings (SSSR count). The van der Waals surface area contributed by atoms with Crippen LogP contribution in [0.4, 0.5) is 5.69 Å². The lowest BCUT2D eigenvalue weighted by Crippen LogP contribution is -2.48. The predicted molar refractivity (Wildman–Crippen MR) is 99.2 cm³/mol. The van der Waals surface area contributed by atoms with E-state index in [0.717, 1.165) is 31.5 Å². The van der Waals surface area contributed by atoms with E-state index in [4.69, 9.17) is 4.42 Å². The van der Waals surface area contributed by atoms with E-state index >= 15 is 0 Å². The van der Waals surface area contributed by atoms with Crippen molar-refractivity contribution in [3.63, 3.8) is 0 Å². The molecular formula is C21H24N2O3. The molecule has 1 aromatic heterocycles. The number of para-hydroxylation sites is 1. The van der Waals surface area contributed by atoms with Crippen molar-refractivity contribution in [2.45, 2.75) is 32.1 Å². The highest BCUT2D eigenvalue weighted by atomic mass is 16.3. The summed E-state index contributed by atoms with van der Waals surface area (Å²) in [7, 11) is 0. The second kappa shape index (κ2) is 6.98. The first kappa shape index (κ1) is 16.9. The van der Waals surface area contributed by atoms with Gasteiger partial charge < -0.3 is 14.2 Å². The molecule has 2 aromatic rings. The molecule has 26 heavy (non-hydrogen) atoms. The summed E-state index contributed by atoms with van der Waals surface area (Å²) >= 11 is 0. The summed E-state index contributed by atoms with van der Waals surface area (Å²) in [5, 5.41) is 0. The van der Waals surface area contributed by atoms with E-state index in [1.165, 1.54) is 18.1 Å². The number of likely N-dealkylation sites (tertiary alicyclic amines) is 1. The molecule has 5 heteroatoms. The average molecular weight is 352 g/mol. The first-order chi connectivity index (χ1) is 12.6. The minimum atomic E-state index is -0.138. The maximum atomic E-state index is 13.2. The van der Waals surface area contributed by atoms with Gasteiger partial charge in [-0.3, -0.25) is 9.59 Å². The Bertz CT molecular complexity index is 799. The predicted octanol–water partition coefficient (Wildman–Crippen LogP) is 3.67. The molecule has 2 aliphatic heterocycles. The van der Waals surface area contributed by atoms with E-state index in [2.05, 4.69) is 13.0 Å². The molecular weight excluding hydrogens is 328 g/mol. The molecule has 1 fully saturated rings. The summed E-state index contributed by atoms with van der Waals surface area (Å²) in [6, 6.07) is 9.87. The van der Waals surface area contributed by atoms with Gasteiger partial charge in [0.1, 0.15) is 6.26 Å². The molecule has 0 aliphatic carbocycles. The van der Waals surface area contributed by atoms with Crippen LogP contribution in [0.3, 0.4) is 0 Å². The van der Waals surface area contributed by atoms with Gasteiger partial charge in [-0.25, -0.2) is 0 Å². The Balaban J connectivity index is 1.52. The van der Waals surface area contributed by atoms with Crippen molar-refractivity contribution in [2.24, 2.45) is 5.92 Å². The van der Waals surface area contributed by atoms with Gasteiger partial charge in [0.15, 0.2) is 0 Å². The second-order valence-electron chi connectivity index (χ2n) is 7.34. The molecule has 0 unspecified atom stereocenters. The number of furan rings is 1. The van der Waals surface area contributed by atoms with Crippen molar-refractivity contribution in [2.75, 3.05) is 24.5 Å². The van der Waals surface area contributed by atoms with Crippen molar-refractivity contribution in [3.8, 4) is 0 Å². The minimum Gasteiger partial charge on any atom is -0.472 e. The fourth-order valence-electron chi connectivity index (χ4n) is 4.13. The van der Waals surface area contributed by atoms with Gasteiger partial charge in [0, 0.05) is 25.3 Å². The van der Waals surface area contributed by atoms with E-state index in [1.807, 2.05) is 23.1 Å². The van der Waals surface area contributed by atoms with Crippen LogP contribution in [0, 0.1) is 5.92 Å². The number of rotatable bonds is 2. The number of anilines is 1. The number of piperidine rings is 1. The van der Waals surface area contributed by atoms with Crippen LogP contribution in [0.5, 0.6) is 0 Å². The lowest BCUT2D eigenvalue weighted by molar-refractivity contribution is -0.123. The van der Waals surface area contributed by atoms with E-state index in [0.29, 0.717) is 24.6 Å². The number of nitrogens with zero attached hydrogens (tertiary/aromatic N) is 2. The Morgan fingerprint density at radius 1 is 1.12 bits per heavy atom.